The Morgan fingerprint density at radius 3 is 2.94 bits per heavy atom. The van der Waals surface area contributed by atoms with Crippen LogP contribution in [0.1, 0.15) is 0 Å². The van der Waals surface area contributed by atoms with E-state index in [0.717, 1.165) is 31.1 Å². The first-order chi connectivity index (χ1) is 8.83. The van der Waals surface area contributed by atoms with E-state index in [1.807, 2.05) is 17.8 Å². The van der Waals surface area contributed by atoms with Gasteiger partial charge in [0.25, 0.3) is 0 Å². The van der Waals surface area contributed by atoms with Crippen molar-refractivity contribution in [1.29, 1.82) is 0 Å². The molecule has 0 aliphatic carbocycles. The maximum atomic E-state index is 5.61. The van der Waals surface area contributed by atoms with Gasteiger partial charge in [0.05, 0.1) is 5.37 Å². The number of nitrogens with one attached hydrogen (secondary N) is 1. The molecule has 1 N–H and O–H groups in total. The number of nitrogens with zero attached hydrogens (tertiary/aromatic N) is 1. The Hall–Kier alpha value is -0.910. The molecular formula is C13H18N2O2S. The van der Waals surface area contributed by atoms with Crippen LogP contribution < -0.4 is 14.8 Å². The lowest BCUT2D eigenvalue weighted by atomic mass is 10.3. The number of hydrogen-bond donors (Lipinski definition) is 1. The van der Waals surface area contributed by atoms with Crippen LogP contribution in [-0.4, -0.2) is 50.2 Å². The van der Waals surface area contributed by atoms with Gasteiger partial charge in [0.2, 0.25) is 0 Å². The summed E-state index contributed by atoms with van der Waals surface area (Å²) in [5, 5.41) is 3.92. The third-order valence-corrected chi connectivity index (χ3v) is 4.56. The lowest BCUT2D eigenvalue weighted by Crippen LogP contribution is -2.47. The maximum Gasteiger partial charge on any atom is 0.162 e. The van der Waals surface area contributed by atoms with Gasteiger partial charge in [-0.05, 0) is 25.2 Å². The Labute approximate surface area is 112 Å². The number of rotatable bonds is 2. The summed E-state index contributed by atoms with van der Waals surface area (Å²) in [4.78, 5) is 3.62. The van der Waals surface area contributed by atoms with E-state index in [1.54, 1.807) is 0 Å². The van der Waals surface area contributed by atoms with Crippen LogP contribution in [0, 0.1) is 0 Å². The van der Waals surface area contributed by atoms with Crippen molar-refractivity contribution in [2.24, 2.45) is 0 Å². The first-order valence-electron chi connectivity index (χ1n) is 6.30. The van der Waals surface area contributed by atoms with E-state index in [4.69, 9.17) is 9.47 Å². The smallest absolute Gasteiger partial charge is 0.162 e. The van der Waals surface area contributed by atoms with Gasteiger partial charge in [-0.15, -0.1) is 11.8 Å². The van der Waals surface area contributed by atoms with E-state index in [0.29, 0.717) is 18.6 Å². The molecule has 0 bridgehead atoms. The fraction of sp³-hybridized carbons (Fsp3) is 0.538. The molecule has 0 saturated carbocycles. The van der Waals surface area contributed by atoms with Crippen molar-refractivity contribution >= 4 is 11.8 Å². The van der Waals surface area contributed by atoms with Gasteiger partial charge in [0.1, 0.15) is 13.2 Å². The predicted molar refractivity (Wildman–Crippen MR) is 72.6 cm³/mol. The molecule has 3 rings (SSSR count). The van der Waals surface area contributed by atoms with Gasteiger partial charge in [-0.25, -0.2) is 0 Å². The summed E-state index contributed by atoms with van der Waals surface area (Å²) >= 11 is 1.87. The standard InChI is InChI=1S/C13H18N2O2S/c1-15-5-4-14-9-13(15)18-10-2-3-11-12(8-10)17-7-6-16-11/h2-3,8,13-14H,4-7,9H2,1H3. The number of thioether (sulfide) groups is 1. The monoisotopic (exact) mass is 266 g/mol. The second-order valence-electron chi connectivity index (χ2n) is 4.56. The van der Waals surface area contributed by atoms with Crippen molar-refractivity contribution in [3.8, 4) is 11.5 Å². The zero-order chi connectivity index (χ0) is 12.4. The van der Waals surface area contributed by atoms with E-state index in [1.165, 1.54) is 4.90 Å². The largest absolute Gasteiger partial charge is 0.486 e. The van der Waals surface area contributed by atoms with Crippen LogP contribution in [0.5, 0.6) is 11.5 Å². The Morgan fingerprint density at radius 1 is 1.28 bits per heavy atom. The summed E-state index contributed by atoms with van der Waals surface area (Å²) in [7, 11) is 2.18. The molecule has 98 valence electrons. The Balaban J connectivity index is 1.72. The summed E-state index contributed by atoms with van der Waals surface area (Å²) in [5.74, 6) is 1.73. The highest BCUT2D eigenvalue weighted by atomic mass is 32.2. The summed E-state index contributed by atoms with van der Waals surface area (Å²) < 4.78 is 11.1. The number of benzene rings is 1. The van der Waals surface area contributed by atoms with Crippen LogP contribution in [0.3, 0.4) is 0 Å². The molecule has 0 amide bonds. The van der Waals surface area contributed by atoms with Crippen molar-refractivity contribution in [2.75, 3.05) is 39.9 Å². The number of piperazine rings is 1. The topological polar surface area (TPSA) is 33.7 Å². The number of fused-ring (bicyclic) bond motifs is 1. The van der Waals surface area contributed by atoms with E-state index >= 15 is 0 Å². The number of ether oxygens (including phenoxy) is 2. The molecule has 1 aromatic rings. The minimum Gasteiger partial charge on any atom is -0.486 e. The second kappa shape index (κ2) is 5.38. The van der Waals surface area contributed by atoms with Crippen molar-refractivity contribution in [1.82, 2.24) is 10.2 Å². The lowest BCUT2D eigenvalue weighted by Gasteiger charge is -2.32. The molecule has 2 aliphatic heterocycles. The summed E-state index contributed by atoms with van der Waals surface area (Å²) in [6.07, 6.45) is 0. The third kappa shape index (κ3) is 2.58. The molecule has 1 fully saturated rings. The molecule has 1 saturated heterocycles. The fourth-order valence-electron chi connectivity index (χ4n) is 2.17. The van der Waals surface area contributed by atoms with Crippen molar-refractivity contribution in [3.05, 3.63) is 18.2 Å². The lowest BCUT2D eigenvalue weighted by molar-refractivity contribution is 0.171. The van der Waals surface area contributed by atoms with Gasteiger partial charge < -0.3 is 14.8 Å². The van der Waals surface area contributed by atoms with E-state index in [2.05, 4.69) is 29.4 Å². The van der Waals surface area contributed by atoms with Crippen LogP contribution in [0.15, 0.2) is 23.1 Å². The fourth-order valence-corrected chi connectivity index (χ4v) is 3.29. The van der Waals surface area contributed by atoms with Gasteiger partial charge in [-0.3, -0.25) is 4.90 Å². The molecule has 5 heteroatoms. The highest BCUT2D eigenvalue weighted by Gasteiger charge is 2.20. The molecule has 2 heterocycles. The second-order valence-corrected chi connectivity index (χ2v) is 5.81. The quantitative estimate of drug-likeness (QED) is 0.875. The minimum absolute atomic E-state index is 0.487. The van der Waals surface area contributed by atoms with Crippen LogP contribution in [0.4, 0.5) is 0 Å². The van der Waals surface area contributed by atoms with Crippen molar-refractivity contribution in [2.45, 2.75) is 10.3 Å². The van der Waals surface area contributed by atoms with Gasteiger partial charge in [0.15, 0.2) is 11.5 Å². The average Bonchev–Trinajstić information content (AvgIpc) is 2.41. The molecule has 18 heavy (non-hydrogen) atoms. The first kappa shape index (κ1) is 12.1. The summed E-state index contributed by atoms with van der Waals surface area (Å²) in [6.45, 7) is 4.49. The van der Waals surface area contributed by atoms with Crippen LogP contribution in [-0.2, 0) is 0 Å². The van der Waals surface area contributed by atoms with Crippen molar-refractivity contribution in [3.63, 3.8) is 0 Å². The van der Waals surface area contributed by atoms with Gasteiger partial charge in [-0.1, -0.05) is 0 Å². The zero-order valence-corrected chi connectivity index (χ0v) is 11.3. The van der Waals surface area contributed by atoms with Gasteiger partial charge in [0, 0.05) is 24.5 Å². The average molecular weight is 266 g/mol. The molecule has 1 aromatic carbocycles. The van der Waals surface area contributed by atoms with Crippen molar-refractivity contribution < 1.29 is 9.47 Å². The van der Waals surface area contributed by atoms with Crippen LogP contribution >= 0.6 is 11.8 Å². The normalized spacial score (nSPS) is 23.9. The Morgan fingerprint density at radius 2 is 2.11 bits per heavy atom. The molecule has 1 unspecified atom stereocenters. The Kier molecular flexibility index (Phi) is 3.63. The van der Waals surface area contributed by atoms with E-state index in [-0.39, 0.29) is 0 Å². The molecule has 0 radical (unpaired) electrons. The Bertz CT molecular complexity index is 427. The van der Waals surface area contributed by atoms with E-state index < -0.39 is 0 Å². The third-order valence-electron chi connectivity index (χ3n) is 3.24. The maximum absolute atomic E-state index is 5.61. The first-order valence-corrected chi connectivity index (χ1v) is 7.18. The SMILES string of the molecule is CN1CCNCC1Sc1ccc2c(c1)OCCO2. The molecule has 2 aliphatic rings. The molecule has 1 atom stereocenters. The van der Waals surface area contributed by atoms with Gasteiger partial charge in [-0.2, -0.15) is 0 Å². The summed E-state index contributed by atoms with van der Waals surface area (Å²) in [6, 6.07) is 6.20. The minimum atomic E-state index is 0.487. The molecule has 0 aromatic heterocycles. The summed E-state index contributed by atoms with van der Waals surface area (Å²) in [5.41, 5.74) is 0. The zero-order valence-electron chi connectivity index (χ0n) is 10.5. The molecule has 0 spiro atoms. The molecule has 4 nitrogen and oxygen atoms in total. The number of hydrogen-bond acceptors (Lipinski definition) is 5. The number of likely N-dealkylation sites (N-methyl/N-ethyl adjacent to an activating group) is 1. The van der Waals surface area contributed by atoms with E-state index in [9.17, 15) is 0 Å². The highest BCUT2D eigenvalue weighted by molar-refractivity contribution is 8.00. The van der Waals surface area contributed by atoms with Crippen LogP contribution in [0.2, 0.25) is 0 Å². The van der Waals surface area contributed by atoms with Gasteiger partial charge >= 0.3 is 0 Å². The predicted octanol–water partition coefficient (Wildman–Crippen LogP) is 1.41. The highest BCUT2D eigenvalue weighted by Crippen LogP contribution is 2.36. The van der Waals surface area contributed by atoms with Crippen LogP contribution in [0.25, 0.3) is 0 Å². The molecular weight excluding hydrogens is 248 g/mol.